The summed E-state index contributed by atoms with van der Waals surface area (Å²) in [4.78, 5) is 8.09. The Kier molecular flexibility index (Phi) is 3.46. The first kappa shape index (κ1) is 16.5. The van der Waals surface area contributed by atoms with Crippen molar-refractivity contribution in [2.45, 2.75) is 63.8 Å². The first-order valence-electron chi connectivity index (χ1n) is 9.59. The van der Waals surface area contributed by atoms with Crippen LogP contribution in [0.5, 0.6) is 0 Å². The highest BCUT2D eigenvalue weighted by atomic mass is 16.7. The second-order valence-corrected chi connectivity index (χ2v) is 8.95. The number of piperidine rings is 1. The van der Waals surface area contributed by atoms with Gasteiger partial charge in [0.05, 0.1) is 29.1 Å². The predicted molar refractivity (Wildman–Crippen MR) is 102 cm³/mol. The molecular weight excluding hydrogens is 325 g/mol. The van der Waals surface area contributed by atoms with E-state index in [1.54, 1.807) is 0 Å². The van der Waals surface area contributed by atoms with Gasteiger partial charge < -0.3 is 19.6 Å². The van der Waals surface area contributed by atoms with Crippen LogP contribution in [-0.2, 0) is 9.31 Å². The SMILES string of the molecule is CC1(C)OB(c2ccc(-c3cnc([C@@H]4CC5CC5N4)[nH]3)cc2)OC1(C)C. The molecule has 3 heterocycles. The number of nitrogens with one attached hydrogen (secondary N) is 2. The molecule has 2 aliphatic heterocycles. The van der Waals surface area contributed by atoms with Crippen LogP contribution in [0.25, 0.3) is 11.3 Å². The smallest absolute Gasteiger partial charge is 0.399 e. The van der Waals surface area contributed by atoms with E-state index in [0.29, 0.717) is 6.04 Å². The van der Waals surface area contributed by atoms with Crippen LogP contribution in [0.15, 0.2) is 30.5 Å². The van der Waals surface area contributed by atoms with Gasteiger partial charge in [-0.3, -0.25) is 0 Å². The Hall–Kier alpha value is -1.63. The van der Waals surface area contributed by atoms with Crippen molar-refractivity contribution in [1.29, 1.82) is 0 Å². The minimum Gasteiger partial charge on any atom is -0.399 e. The monoisotopic (exact) mass is 351 g/mol. The van der Waals surface area contributed by atoms with E-state index in [-0.39, 0.29) is 18.3 Å². The fourth-order valence-electron chi connectivity index (χ4n) is 3.99. The number of nitrogens with zero attached hydrogens (tertiary/aromatic N) is 1. The van der Waals surface area contributed by atoms with Gasteiger partial charge in [0.1, 0.15) is 5.82 Å². The van der Waals surface area contributed by atoms with Crippen LogP contribution in [0.4, 0.5) is 0 Å². The van der Waals surface area contributed by atoms with Crippen LogP contribution < -0.4 is 10.8 Å². The van der Waals surface area contributed by atoms with Crippen molar-refractivity contribution in [3.63, 3.8) is 0 Å². The summed E-state index contributed by atoms with van der Waals surface area (Å²) in [6.45, 7) is 8.31. The molecule has 2 N–H and O–H groups in total. The third-order valence-corrected chi connectivity index (χ3v) is 6.55. The van der Waals surface area contributed by atoms with E-state index in [2.05, 4.69) is 67.2 Å². The second-order valence-electron chi connectivity index (χ2n) is 8.95. The first-order chi connectivity index (χ1) is 12.3. The molecular formula is C20H26BN3O2. The average molecular weight is 351 g/mol. The van der Waals surface area contributed by atoms with Crippen LogP contribution in [0, 0.1) is 5.92 Å². The maximum atomic E-state index is 6.13. The van der Waals surface area contributed by atoms with Gasteiger partial charge in [-0.15, -0.1) is 0 Å². The number of H-pyrrole nitrogens is 1. The summed E-state index contributed by atoms with van der Waals surface area (Å²) in [5.74, 6) is 1.93. The molecule has 26 heavy (non-hydrogen) atoms. The summed E-state index contributed by atoms with van der Waals surface area (Å²) in [5, 5.41) is 3.64. The van der Waals surface area contributed by atoms with E-state index in [1.807, 2.05) is 6.20 Å². The average Bonchev–Trinajstić information content (AvgIpc) is 2.98. The van der Waals surface area contributed by atoms with Gasteiger partial charge in [-0.05, 0) is 57.5 Å². The van der Waals surface area contributed by atoms with Crippen molar-refractivity contribution >= 4 is 12.6 Å². The number of aromatic amines is 1. The molecule has 3 fully saturated rings. The zero-order valence-corrected chi connectivity index (χ0v) is 15.9. The third-order valence-electron chi connectivity index (χ3n) is 6.55. The molecule has 0 bridgehead atoms. The minimum atomic E-state index is -0.319. The molecule has 1 aliphatic carbocycles. The van der Waals surface area contributed by atoms with E-state index in [9.17, 15) is 0 Å². The van der Waals surface area contributed by atoms with Crippen LogP contribution in [-0.4, -0.2) is 34.3 Å². The molecule has 1 aromatic carbocycles. The molecule has 3 atom stereocenters. The van der Waals surface area contributed by atoms with E-state index < -0.39 is 0 Å². The lowest BCUT2D eigenvalue weighted by Crippen LogP contribution is -2.41. The van der Waals surface area contributed by atoms with Crippen LogP contribution >= 0.6 is 0 Å². The quantitative estimate of drug-likeness (QED) is 0.835. The first-order valence-corrected chi connectivity index (χ1v) is 9.59. The summed E-state index contributed by atoms with van der Waals surface area (Å²) in [6, 6.07) is 9.50. The van der Waals surface area contributed by atoms with E-state index in [0.717, 1.165) is 34.5 Å². The molecule has 5 rings (SSSR count). The van der Waals surface area contributed by atoms with Crippen molar-refractivity contribution < 1.29 is 9.31 Å². The lowest BCUT2D eigenvalue weighted by atomic mass is 9.79. The second kappa shape index (κ2) is 5.44. The Morgan fingerprint density at radius 2 is 1.73 bits per heavy atom. The van der Waals surface area contributed by atoms with Crippen molar-refractivity contribution in [1.82, 2.24) is 15.3 Å². The normalized spacial score (nSPS) is 31.2. The molecule has 1 aromatic heterocycles. The Morgan fingerprint density at radius 1 is 1.04 bits per heavy atom. The Balaban J connectivity index is 1.32. The fourth-order valence-corrected chi connectivity index (χ4v) is 3.99. The highest BCUT2D eigenvalue weighted by Gasteiger charge is 2.51. The van der Waals surface area contributed by atoms with Crippen molar-refractivity contribution in [3.05, 3.63) is 36.3 Å². The highest BCUT2D eigenvalue weighted by Crippen LogP contribution is 2.45. The Morgan fingerprint density at radius 3 is 2.35 bits per heavy atom. The molecule has 2 aromatic rings. The summed E-state index contributed by atoms with van der Waals surface area (Å²) >= 11 is 0. The Bertz CT molecular complexity index is 804. The molecule has 3 aliphatic rings. The van der Waals surface area contributed by atoms with Crippen molar-refractivity contribution in [3.8, 4) is 11.3 Å². The zero-order valence-electron chi connectivity index (χ0n) is 15.9. The lowest BCUT2D eigenvalue weighted by molar-refractivity contribution is 0.00578. The fraction of sp³-hybridized carbons (Fsp3) is 0.550. The van der Waals surface area contributed by atoms with Crippen molar-refractivity contribution in [2.24, 2.45) is 5.92 Å². The molecule has 1 saturated carbocycles. The molecule has 2 unspecified atom stereocenters. The van der Waals surface area contributed by atoms with Gasteiger partial charge in [-0.2, -0.15) is 0 Å². The summed E-state index contributed by atoms with van der Waals surface area (Å²) in [6.07, 6.45) is 4.48. The molecule has 0 amide bonds. The number of fused-ring (bicyclic) bond motifs is 1. The number of imidazole rings is 1. The molecule has 6 heteroatoms. The van der Waals surface area contributed by atoms with E-state index >= 15 is 0 Å². The van der Waals surface area contributed by atoms with Gasteiger partial charge in [0.15, 0.2) is 0 Å². The maximum absolute atomic E-state index is 6.13. The van der Waals surface area contributed by atoms with Crippen LogP contribution in [0.2, 0.25) is 0 Å². The van der Waals surface area contributed by atoms with Gasteiger partial charge >= 0.3 is 7.12 Å². The number of benzene rings is 1. The largest absolute Gasteiger partial charge is 0.494 e. The van der Waals surface area contributed by atoms with Gasteiger partial charge in [0.25, 0.3) is 0 Å². The lowest BCUT2D eigenvalue weighted by Gasteiger charge is -2.32. The van der Waals surface area contributed by atoms with Crippen molar-refractivity contribution in [2.75, 3.05) is 0 Å². The molecule has 2 saturated heterocycles. The van der Waals surface area contributed by atoms with Crippen LogP contribution in [0.1, 0.15) is 52.4 Å². The van der Waals surface area contributed by atoms with E-state index in [4.69, 9.17) is 9.31 Å². The van der Waals surface area contributed by atoms with Gasteiger partial charge in [0.2, 0.25) is 0 Å². The highest BCUT2D eigenvalue weighted by molar-refractivity contribution is 6.62. The van der Waals surface area contributed by atoms with Gasteiger partial charge in [-0.25, -0.2) is 4.98 Å². The maximum Gasteiger partial charge on any atom is 0.494 e. The van der Waals surface area contributed by atoms with Gasteiger partial charge in [0, 0.05) is 6.04 Å². The molecule has 0 radical (unpaired) electrons. The summed E-state index contributed by atoms with van der Waals surface area (Å²) < 4.78 is 12.3. The topological polar surface area (TPSA) is 59.2 Å². The van der Waals surface area contributed by atoms with Gasteiger partial charge in [-0.1, -0.05) is 24.3 Å². The zero-order chi connectivity index (χ0) is 18.1. The number of hydrogen-bond acceptors (Lipinski definition) is 4. The van der Waals surface area contributed by atoms with E-state index in [1.165, 1.54) is 12.8 Å². The molecule has 0 spiro atoms. The molecule has 136 valence electrons. The number of hydrogen-bond donors (Lipinski definition) is 2. The predicted octanol–water partition coefficient (Wildman–Crippen LogP) is 2.80. The standard InChI is InChI=1S/C20H26BN3O2/c1-19(2)20(3,4)26-21(25-19)14-7-5-12(6-8-14)17-11-22-18(24-17)16-10-13-9-15(13)23-16/h5-8,11,13,15-16,23H,9-10H2,1-4H3,(H,22,24)/t13?,15?,16-/m0/s1. The summed E-state index contributed by atoms with van der Waals surface area (Å²) in [5.41, 5.74) is 2.60. The third kappa shape index (κ3) is 2.63. The van der Waals surface area contributed by atoms with Crippen LogP contribution in [0.3, 0.4) is 0 Å². The number of rotatable bonds is 3. The molecule has 5 nitrogen and oxygen atoms in total. The number of aromatic nitrogens is 2. The summed E-state index contributed by atoms with van der Waals surface area (Å²) in [7, 11) is -0.319. The minimum absolute atomic E-state index is 0.316. The Labute approximate surface area is 155 Å².